The maximum absolute atomic E-state index is 11.4. The number of amides is 1. The summed E-state index contributed by atoms with van der Waals surface area (Å²) in [5.74, 6) is -2.02. The van der Waals surface area contributed by atoms with Crippen molar-refractivity contribution in [1.82, 2.24) is 5.32 Å². The molecule has 0 bridgehead atoms. The quantitative estimate of drug-likeness (QED) is 0.708. The third kappa shape index (κ3) is 4.37. The lowest BCUT2D eigenvalue weighted by Gasteiger charge is -2.19. The predicted molar refractivity (Wildman–Crippen MR) is 72.6 cm³/mol. The highest BCUT2D eigenvalue weighted by atomic mass is 16.4. The molecule has 0 heterocycles. The molecule has 1 aromatic carbocycles. The smallest absolute Gasteiger partial charge is 0.330 e. The van der Waals surface area contributed by atoms with Crippen LogP contribution in [0.2, 0.25) is 0 Å². The van der Waals surface area contributed by atoms with Gasteiger partial charge < -0.3 is 16.2 Å². The molecule has 0 aliphatic heterocycles. The van der Waals surface area contributed by atoms with Gasteiger partial charge in [0.05, 0.1) is 0 Å². The van der Waals surface area contributed by atoms with Gasteiger partial charge in [-0.1, -0.05) is 45.0 Å². The van der Waals surface area contributed by atoms with Crippen molar-refractivity contribution in [3.63, 3.8) is 0 Å². The van der Waals surface area contributed by atoms with Gasteiger partial charge in [0.15, 0.2) is 6.04 Å². The molecule has 5 heteroatoms. The summed E-state index contributed by atoms with van der Waals surface area (Å²) in [6.07, 6.45) is 0. The van der Waals surface area contributed by atoms with Crippen molar-refractivity contribution in [2.24, 2.45) is 5.73 Å². The zero-order valence-corrected chi connectivity index (χ0v) is 11.4. The van der Waals surface area contributed by atoms with E-state index in [0.717, 1.165) is 5.56 Å². The average molecular weight is 264 g/mol. The van der Waals surface area contributed by atoms with Gasteiger partial charge >= 0.3 is 5.97 Å². The summed E-state index contributed by atoms with van der Waals surface area (Å²) in [6.45, 7) is 6.63. The highest BCUT2D eigenvalue weighted by Crippen LogP contribution is 2.22. The number of hydrogen-bond acceptors (Lipinski definition) is 3. The van der Waals surface area contributed by atoms with Crippen molar-refractivity contribution >= 4 is 11.9 Å². The molecule has 1 rings (SSSR count). The number of nitrogens with one attached hydrogen (secondary N) is 1. The molecule has 0 aliphatic carbocycles. The number of benzene rings is 1. The molecule has 1 atom stereocenters. The average Bonchev–Trinajstić information content (AvgIpc) is 2.34. The Labute approximate surface area is 112 Å². The Morgan fingerprint density at radius 3 is 2.21 bits per heavy atom. The molecule has 4 N–H and O–H groups in total. The molecule has 1 unspecified atom stereocenters. The second-order valence-corrected chi connectivity index (χ2v) is 5.48. The Bertz CT molecular complexity index is 461. The maximum Gasteiger partial charge on any atom is 0.330 e. The second-order valence-electron chi connectivity index (χ2n) is 5.48. The topological polar surface area (TPSA) is 92.4 Å². The van der Waals surface area contributed by atoms with Gasteiger partial charge in [-0.2, -0.15) is 0 Å². The fourth-order valence-electron chi connectivity index (χ4n) is 1.53. The molecule has 104 valence electrons. The van der Waals surface area contributed by atoms with Gasteiger partial charge in [0.25, 0.3) is 0 Å². The normalized spacial score (nSPS) is 12.8. The first-order valence-electron chi connectivity index (χ1n) is 6.07. The van der Waals surface area contributed by atoms with Gasteiger partial charge in [0.2, 0.25) is 5.91 Å². The summed E-state index contributed by atoms with van der Waals surface area (Å²) in [5, 5.41) is 11.1. The number of rotatable bonds is 4. The van der Waals surface area contributed by atoms with Crippen LogP contribution in [0.5, 0.6) is 0 Å². The molecular weight excluding hydrogens is 244 g/mol. The minimum Gasteiger partial charge on any atom is -0.480 e. The van der Waals surface area contributed by atoms with E-state index in [4.69, 9.17) is 10.8 Å². The molecule has 1 amide bonds. The lowest BCUT2D eigenvalue weighted by Crippen LogP contribution is -2.45. The van der Waals surface area contributed by atoms with E-state index in [9.17, 15) is 9.59 Å². The molecule has 0 aliphatic rings. The van der Waals surface area contributed by atoms with Gasteiger partial charge in [-0.15, -0.1) is 0 Å². The Morgan fingerprint density at radius 2 is 1.79 bits per heavy atom. The fourth-order valence-corrected chi connectivity index (χ4v) is 1.53. The number of aliphatic carboxylic acids is 1. The Morgan fingerprint density at radius 1 is 1.26 bits per heavy atom. The van der Waals surface area contributed by atoms with Crippen LogP contribution in [-0.2, 0) is 21.5 Å². The largest absolute Gasteiger partial charge is 0.480 e. The molecule has 0 saturated heterocycles. The Kier molecular flexibility index (Phi) is 4.67. The van der Waals surface area contributed by atoms with Gasteiger partial charge in [-0.05, 0) is 16.5 Å². The molecule has 19 heavy (non-hydrogen) atoms. The van der Waals surface area contributed by atoms with Crippen molar-refractivity contribution in [3.05, 3.63) is 35.4 Å². The molecule has 0 saturated carbocycles. The molecule has 0 spiro atoms. The number of nitrogens with two attached hydrogens (primary N) is 1. The van der Waals surface area contributed by atoms with Crippen LogP contribution in [0.4, 0.5) is 0 Å². The minimum absolute atomic E-state index is 0.0768. The summed E-state index contributed by atoms with van der Waals surface area (Å²) in [5.41, 5.74) is 7.37. The van der Waals surface area contributed by atoms with Crippen LogP contribution >= 0.6 is 0 Å². The molecule has 0 radical (unpaired) electrons. The van der Waals surface area contributed by atoms with E-state index in [1.165, 1.54) is 5.56 Å². The number of carbonyl (C=O) groups is 2. The summed E-state index contributed by atoms with van der Waals surface area (Å²) in [4.78, 5) is 21.9. The lowest BCUT2D eigenvalue weighted by molar-refractivity contribution is -0.142. The highest BCUT2D eigenvalue weighted by molar-refractivity contribution is 6.00. The summed E-state index contributed by atoms with van der Waals surface area (Å²) in [7, 11) is 0. The second kappa shape index (κ2) is 5.84. The van der Waals surface area contributed by atoms with Crippen molar-refractivity contribution in [2.75, 3.05) is 0 Å². The molecule has 1 aromatic rings. The number of carbonyl (C=O) groups excluding carboxylic acids is 1. The summed E-state index contributed by atoms with van der Waals surface area (Å²) < 4.78 is 0. The van der Waals surface area contributed by atoms with Crippen molar-refractivity contribution in [3.8, 4) is 0 Å². The van der Waals surface area contributed by atoms with Gasteiger partial charge in [0, 0.05) is 6.54 Å². The monoisotopic (exact) mass is 264 g/mol. The van der Waals surface area contributed by atoms with Crippen molar-refractivity contribution < 1.29 is 14.7 Å². The first-order chi connectivity index (χ1) is 8.71. The van der Waals surface area contributed by atoms with E-state index in [-0.39, 0.29) is 12.0 Å². The zero-order valence-electron chi connectivity index (χ0n) is 11.4. The highest BCUT2D eigenvalue weighted by Gasteiger charge is 2.20. The van der Waals surface area contributed by atoms with Gasteiger partial charge in [0.1, 0.15) is 0 Å². The molecule has 0 fully saturated rings. The summed E-state index contributed by atoms with van der Waals surface area (Å²) in [6, 6.07) is 6.30. The van der Waals surface area contributed by atoms with Crippen LogP contribution in [0.25, 0.3) is 0 Å². The fraction of sp³-hybridized carbons (Fsp3) is 0.429. The van der Waals surface area contributed by atoms with Crippen LogP contribution in [0.3, 0.4) is 0 Å². The van der Waals surface area contributed by atoms with E-state index in [1.807, 2.05) is 24.3 Å². The SMILES string of the molecule is CC(C)(C)c1ccc(CNC(=O)C(N)C(=O)O)cc1. The van der Waals surface area contributed by atoms with Crippen LogP contribution < -0.4 is 11.1 Å². The number of hydrogen-bond donors (Lipinski definition) is 3. The maximum atomic E-state index is 11.4. The molecule has 0 aromatic heterocycles. The van der Waals surface area contributed by atoms with E-state index >= 15 is 0 Å². The van der Waals surface area contributed by atoms with Gasteiger partial charge in [-0.3, -0.25) is 4.79 Å². The van der Waals surface area contributed by atoms with Gasteiger partial charge in [-0.25, -0.2) is 4.79 Å². The molecular formula is C14H20N2O3. The lowest BCUT2D eigenvalue weighted by atomic mass is 9.87. The first-order valence-corrected chi connectivity index (χ1v) is 6.07. The Balaban J connectivity index is 2.60. The Hall–Kier alpha value is -1.88. The molecule has 5 nitrogen and oxygen atoms in total. The van der Waals surface area contributed by atoms with E-state index < -0.39 is 17.9 Å². The van der Waals surface area contributed by atoms with E-state index in [0.29, 0.717) is 0 Å². The minimum atomic E-state index is -1.52. The predicted octanol–water partition coefficient (Wildman–Crippen LogP) is 1.01. The van der Waals surface area contributed by atoms with Crippen molar-refractivity contribution in [2.45, 2.75) is 38.8 Å². The summed E-state index contributed by atoms with van der Waals surface area (Å²) >= 11 is 0. The standard InChI is InChI=1S/C14H20N2O3/c1-14(2,3)10-6-4-9(5-7-10)8-16-12(17)11(15)13(18)19/h4-7,11H,8,15H2,1-3H3,(H,16,17)(H,18,19). The van der Waals surface area contributed by atoms with Crippen LogP contribution in [0, 0.1) is 0 Å². The first kappa shape index (κ1) is 15.2. The third-order valence-corrected chi connectivity index (χ3v) is 2.84. The van der Waals surface area contributed by atoms with Crippen molar-refractivity contribution in [1.29, 1.82) is 0 Å². The number of carboxylic acids is 1. The van der Waals surface area contributed by atoms with Crippen LogP contribution in [0.15, 0.2) is 24.3 Å². The van der Waals surface area contributed by atoms with Crippen LogP contribution in [0.1, 0.15) is 31.9 Å². The van der Waals surface area contributed by atoms with E-state index in [1.54, 1.807) is 0 Å². The zero-order chi connectivity index (χ0) is 14.6. The number of carboxylic acid groups (broad SMARTS) is 1. The third-order valence-electron chi connectivity index (χ3n) is 2.84. The van der Waals surface area contributed by atoms with Crippen LogP contribution in [-0.4, -0.2) is 23.0 Å². The van der Waals surface area contributed by atoms with E-state index in [2.05, 4.69) is 26.1 Å².